The average molecular weight is 496 g/mol. The minimum absolute atomic E-state index is 0.122. The third-order valence-electron chi connectivity index (χ3n) is 4.81. The molecule has 0 fully saturated rings. The number of hydrogen-bond acceptors (Lipinski definition) is 7. The van der Waals surface area contributed by atoms with Gasteiger partial charge in [0.1, 0.15) is 29.5 Å². The summed E-state index contributed by atoms with van der Waals surface area (Å²) in [5, 5.41) is 0. The zero-order valence-corrected chi connectivity index (χ0v) is 19.3. The smallest absolute Gasteiger partial charge is 0.204 e. The summed E-state index contributed by atoms with van der Waals surface area (Å²) in [5.41, 5.74) is 1.28. The standard InChI is InChI=1S/C23H20Cl2FNO6/c1-29-19-7-6-16(18(28)11-17-20(32-24)12-27-13-21(17)33-25)22(23(19)30-2)31-9-8-14-4-3-5-15(26)10-14/h3-7,10,12-13H,8-9,11H2,1-2H3. The molecule has 0 bridgehead atoms. The number of methoxy groups -OCH3 is 2. The Morgan fingerprint density at radius 2 is 1.70 bits per heavy atom. The second-order valence-corrected chi connectivity index (χ2v) is 7.08. The van der Waals surface area contributed by atoms with Crippen LogP contribution < -0.4 is 22.8 Å². The average Bonchev–Trinajstić information content (AvgIpc) is 2.83. The summed E-state index contributed by atoms with van der Waals surface area (Å²) >= 11 is 11.0. The largest absolute Gasteiger partial charge is 0.493 e. The molecule has 33 heavy (non-hydrogen) atoms. The van der Waals surface area contributed by atoms with Crippen molar-refractivity contribution >= 4 is 29.5 Å². The molecule has 0 N–H and O–H groups in total. The van der Waals surface area contributed by atoms with Gasteiger partial charge in [0.15, 0.2) is 28.8 Å². The molecule has 0 aliphatic rings. The number of pyridine rings is 1. The van der Waals surface area contributed by atoms with E-state index in [1.807, 2.05) is 0 Å². The van der Waals surface area contributed by atoms with Gasteiger partial charge >= 0.3 is 0 Å². The molecule has 3 aromatic rings. The number of rotatable bonds is 11. The molecule has 7 nitrogen and oxygen atoms in total. The van der Waals surface area contributed by atoms with Gasteiger partial charge in [-0.1, -0.05) is 12.1 Å². The van der Waals surface area contributed by atoms with E-state index in [9.17, 15) is 9.18 Å². The van der Waals surface area contributed by atoms with Gasteiger partial charge in [0.05, 0.1) is 44.3 Å². The maximum atomic E-state index is 13.5. The summed E-state index contributed by atoms with van der Waals surface area (Å²) in [7, 11) is 2.91. The number of carbonyl (C=O) groups is 1. The fourth-order valence-corrected chi connectivity index (χ4v) is 3.50. The second kappa shape index (κ2) is 11.6. The second-order valence-electron chi connectivity index (χ2n) is 6.77. The van der Waals surface area contributed by atoms with Gasteiger partial charge in [-0.25, -0.2) is 4.39 Å². The molecule has 0 aliphatic carbocycles. The first-order chi connectivity index (χ1) is 16.0. The SMILES string of the molecule is COc1ccc(C(=O)Cc2c(OCl)cncc2OCl)c(OCCc2cccc(F)c2)c1OC. The van der Waals surface area contributed by atoms with E-state index < -0.39 is 0 Å². The molecule has 0 spiro atoms. The molecule has 0 saturated carbocycles. The highest BCUT2D eigenvalue weighted by Gasteiger charge is 2.24. The van der Waals surface area contributed by atoms with Crippen molar-refractivity contribution in [3.8, 4) is 28.7 Å². The fourth-order valence-electron chi connectivity index (χ4n) is 3.24. The van der Waals surface area contributed by atoms with Crippen molar-refractivity contribution in [3.05, 3.63) is 71.3 Å². The number of halogens is 3. The number of nitrogens with zero attached hydrogens (tertiary/aromatic N) is 1. The lowest BCUT2D eigenvalue weighted by molar-refractivity contribution is 0.0987. The van der Waals surface area contributed by atoms with Crippen LogP contribution in [0.3, 0.4) is 0 Å². The Labute approximate surface area is 200 Å². The minimum Gasteiger partial charge on any atom is -0.493 e. The third kappa shape index (κ3) is 5.77. The van der Waals surface area contributed by atoms with E-state index in [1.54, 1.807) is 24.3 Å². The van der Waals surface area contributed by atoms with E-state index >= 15 is 0 Å². The predicted molar refractivity (Wildman–Crippen MR) is 120 cm³/mol. The number of Topliss-reactive ketones (excluding diaryl/α,β-unsaturated/α-hetero) is 1. The quantitative estimate of drug-likeness (QED) is 0.331. The Kier molecular flexibility index (Phi) is 8.57. The summed E-state index contributed by atoms with van der Waals surface area (Å²) in [5.74, 6) is 0.374. The van der Waals surface area contributed by atoms with Gasteiger partial charge in [0.2, 0.25) is 5.75 Å². The Morgan fingerprint density at radius 1 is 0.970 bits per heavy atom. The zero-order chi connectivity index (χ0) is 23.8. The van der Waals surface area contributed by atoms with E-state index in [1.165, 1.54) is 38.7 Å². The molecule has 1 heterocycles. The number of aromatic nitrogens is 1. The van der Waals surface area contributed by atoms with Gasteiger partial charge in [-0.3, -0.25) is 9.78 Å². The van der Waals surface area contributed by atoms with E-state index in [0.717, 1.165) is 5.56 Å². The molecule has 2 aromatic carbocycles. The van der Waals surface area contributed by atoms with E-state index in [-0.39, 0.29) is 53.2 Å². The number of ether oxygens (including phenoxy) is 3. The molecule has 1 aromatic heterocycles. The predicted octanol–water partition coefficient (Wildman–Crippen LogP) is 5.35. The molecule has 0 unspecified atom stereocenters. The molecule has 0 aliphatic heterocycles. The molecule has 3 rings (SSSR count). The topological polar surface area (TPSA) is 76.1 Å². The summed E-state index contributed by atoms with van der Waals surface area (Å²) in [4.78, 5) is 17.2. The highest BCUT2D eigenvalue weighted by atomic mass is 35.5. The number of ketones is 1. The molecular weight excluding hydrogens is 476 g/mol. The lowest BCUT2D eigenvalue weighted by atomic mass is 10.0. The lowest BCUT2D eigenvalue weighted by Crippen LogP contribution is -2.11. The van der Waals surface area contributed by atoms with E-state index in [2.05, 4.69) is 4.98 Å². The molecule has 0 amide bonds. The van der Waals surface area contributed by atoms with Gasteiger partial charge in [-0.15, -0.1) is 0 Å². The molecule has 174 valence electrons. The third-order valence-corrected chi connectivity index (χ3v) is 5.14. The van der Waals surface area contributed by atoms with Crippen molar-refractivity contribution in [2.75, 3.05) is 20.8 Å². The van der Waals surface area contributed by atoms with Crippen molar-refractivity contribution in [2.45, 2.75) is 12.8 Å². The Bertz CT molecular complexity index is 1110. The van der Waals surface area contributed by atoms with Crippen LogP contribution in [-0.2, 0) is 12.8 Å². The van der Waals surface area contributed by atoms with Gasteiger partial charge in [-0.05, 0) is 29.8 Å². The molecule has 0 atom stereocenters. The van der Waals surface area contributed by atoms with Crippen LogP contribution in [0.25, 0.3) is 0 Å². The van der Waals surface area contributed by atoms with Crippen molar-refractivity contribution in [3.63, 3.8) is 0 Å². The summed E-state index contributed by atoms with van der Waals surface area (Å²) < 4.78 is 39.7. The van der Waals surface area contributed by atoms with Crippen molar-refractivity contribution in [1.82, 2.24) is 4.98 Å². The zero-order valence-electron chi connectivity index (χ0n) is 17.8. The Hall–Kier alpha value is -3.23. The van der Waals surface area contributed by atoms with Crippen LogP contribution in [0, 0.1) is 5.82 Å². The molecule has 0 saturated heterocycles. The monoisotopic (exact) mass is 495 g/mol. The first-order valence-corrected chi connectivity index (χ1v) is 10.3. The summed E-state index contributed by atoms with van der Waals surface area (Å²) in [6.07, 6.45) is 2.90. The molecule has 10 heteroatoms. The highest BCUT2D eigenvalue weighted by Crippen LogP contribution is 2.41. The minimum atomic E-state index is -0.354. The summed E-state index contributed by atoms with van der Waals surface area (Å²) in [6, 6.07) is 9.34. The van der Waals surface area contributed by atoms with Crippen LogP contribution in [0.1, 0.15) is 21.5 Å². The van der Waals surface area contributed by atoms with Crippen LogP contribution in [0.5, 0.6) is 28.7 Å². The van der Waals surface area contributed by atoms with Crippen LogP contribution in [0.4, 0.5) is 4.39 Å². The fraction of sp³-hybridized carbons (Fsp3) is 0.217. The normalized spacial score (nSPS) is 10.5. The van der Waals surface area contributed by atoms with E-state index in [0.29, 0.717) is 17.7 Å². The Balaban J connectivity index is 1.92. The molecule has 0 radical (unpaired) electrons. The highest BCUT2D eigenvalue weighted by molar-refractivity contribution is 6.10. The molecular formula is C23H20Cl2FNO6. The van der Waals surface area contributed by atoms with Gasteiger partial charge in [-0.2, -0.15) is 0 Å². The van der Waals surface area contributed by atoms with Crippen LogP contribution in [0.15, 0.2) is 48.8 Å². The maximum absolute atomic E-state index is 13.5. The maximum Gasteiger partial charge on any atom is 0.204 e. The van der Waals surface area contributed by atoms with Gasteiger partial charge in [0.25, 0.3) is 0 Å². The number of carbonyl (C=O) groups excluding carboxylic acids is 1. The first-order valence-electron chi connectivity index (χ1n) is 9.71. The van der Waals surface area contributed by atoms with Crippen LogP contribution in [0.2, 0.25) is 0 Å². The number of benzene rings is 2. The van der Waals surface area contributed by atoms with E-state index in [4.69, 9.17) is 46.5 Å². The Morgan fingerprint density at radius 3 is 2.30 bits per heavy atom. The van der Waals surface area contributed by atoms with Crippen LogP contribution in [-0.4, -0.2) is 31.6 Å². The number of hydrogen-bond donors (Lipinski definition) is 0. The lowest BCUT2D eigenvalue weighted by Gasteiger charge is -2.17. The summed E-state index contributed by atoms with van der Waals surface area (Å²) in [6.45, 7) is 0.161. The van der Waals surface area contributed by atoms with Gasteiger partial charge in [0, 0.05) is 12.8 Å². The van der Waals surface area contributed by atoms with Crippen LogP contribution >= 0.6 is 23.7 Å². The van der Waals surface area contributed by atoms with Crippen molar-refractivity contribution < 1.29 is 32.0 Å². The first kappa shape index (κ1) is 24.4. The van der Waals surface area contributed by atoms with Crippen molar-refractivity contribution in [2.24, 2.45) is 0 Å². The van der Waals surface area contributed by atoms with Gasteiger partial charge < -0.3 is 22.8 Å². The van der Waals surface area contributed by atoms with Crippen molar-refractivity contribution in [1.29, 1.82) is 0 Å².